The Morgan fingerprint density at radius 2 is 2.06 bits per heavy atom. The summed E-state index contributed by atoms with van der Waals surface area (Å²) in [6.07, 6.45) is 6.57. The second-order valence-electron chi connectivity index (χ2n) is 4.79. The molecule has 1 aromatic carbocycles. The summed E-state index contributed by atoms with van der Waals surface area (Å²) < 4.78 is 6.82. The van der Waals surface area contributed by atoms with E-state index in [1.165, 1.54) is 32.1 Å². The standard InChI is InChI=1S/C14H18BrNOS/c15-11-7-4-8-12(13(11)14(16)18)17-9-10-5-2-1-3-6-10/h4,7-8,10H,1-3,5-6,9H2,(H2,16,18). The number of ether oxygens (including phenoxy) is 1. The summed E-state index contributed by atoms with van der Waals surface area (Å²) in [5, 5.41) is 0. The van der Waals surface area contributed by atoms with Gasteiger partial charge in [-0.3, -0.25) is 0 Å². The van der Waals surface area contributed by atoms with Gasteiger partial charge < -0.3 is 10.5 Å². The molecule has 1 aliphatic rings. The molecule has 2 nitrogen and oxygen atoms in total. The van der Waals surface area contributed by atoms with Crippen LogP contribution >= 0.6 is 28.1 Å². The number of nitrogens with two attached hydrogens (primary N) is 1. The highest BCUT2D eigenvalue weighted by Gasteiger charge is 2.16. The molecule has 0 atom stereocenters. The van der Waals surface area contributed by atoms with E-state index in [4.69, 9.17) is 22.7 Å². The zero-order valence-electron chi connectivity index (χ0n) is 10.3. The first-order valence-corrected chi connectivity index (χ1v) is 7.59. The maximum atomic E-state index is 5.92. The van der Waals surface area contributed by atoms with Crippen molar-refractivity contribution in [2.45, 2.75) is 32.1 Å². The Kier molecular flexibility index (Phi) is 5.01. The molecule has 1 aromatic rings. The highest BCUT2D eigenvalue weighted by Crippen LogP contribution is 2.29. The summed E-state index contributed by atoms with van der Waals surface area (Å²) in [6.45, 7) is 0.770. The van der Waals surface area contributed by atoms with Gasteiger partial charge in [0.05, 0.1) is 12.2 Å². The number of rotatable bonds is 4. The Hall–Kier alpha value is -0.610. The maximum absolute atomic E-state index is 5.92. The van der Waals surface area contributed by atoms with E-state index in [1.807, 2.05) is 18.2 Å². The number of benzene rings is 1. The SMILES string of the molecule is NC(=S)c1c(Br)cccc1OCC1CCCCC1. The summed E-state index contributed by atoms with van der Waals surface area (Å²) >= 11 is 8.54. The third kappa shape index (κ3) is 3.45. The molecule has 0 radical (unpaired) electrons. The van der Waals surface area contributed by atoms with Crippen molar-refractivity contribution in [3.63, 3.8) is 0 Å². The first-order valence-electron chi connectivity index (χ1n) is 6.39. The van der Waals surface area contributed by atoms with Crippen molar-refractivity contribution < 1.29 is 4.74 Å². The van der Waals surface area contributed by atoms with Gasteiger partial charge in [-0.05, 0) is 46.8 Å². The van der Waals surface area contributed by atoms with E-state index in [0.29, 0.717) is 10.9 Å². The molecule has 1 saturated carbocycles. The fraction of sp³-hybridized carbons (Fsp3) is 0.500. The summed E-state index contributed by atoms with van der Waals surface area (Å²) in [4.78, 5) is 0.376. The lowest BCUT2D eigenvalue weighted by Gasteiger charge is -2.22. The van der Waals surface area contributed by atoms with Crippen LogP contribution in [0.1, 0.15) is 37.7 Å². The van der Waals surface area contributed by atoms with Gasteiger partial charge >= 0.3 is 0 Å². The van der Waals surface area contributed by atoms with Crippen LogP contribution in [0.25, 0.3) is 0 Å². The van der Waals surface area contributed by atoms with Crippen molar-refractivity contribution in [1.82, 2.24) is 0 Å². The van der Waals surface area contributed by atoms with E-state index in [1.54, 1.807) is 0 Å². The van der Waals surface area contributed by atoms with Crippen molar-refractivity contribution in [3.8, 4) is 5.75 Å². The van der Waals surface area contributed by atoms with E-state index in [0.717, 1.165) is 22.4 Å². The molecule has 18 heavy (non-hydrogen) atoms. The molecule has 0 spiro atoms. The van der Waals surface area contributed by atoms with Crippen molar-refractivity contribution >= 4 is 33.1 Å². The van der Waals surface area contributed by atoms with Crippen LogP contribution in [0.3, 0.4) is 0 Å². The van der Waals surface area contributed by atoms with Gasteiger partial charge in [0.15, 0.2) is 0 Å². The molecule has 0 heterocycles. The Morgan fingerprint density at radius 3 is 2.72 bits per heavy atom. The van der Waals surface area contributed by atoms with Crippen LogP contribution < -0.4 is 10.5 Å². The normalized spacial score (nSPS) is 16.5. The lowest BCUT2D eigenvalue weighted by atomic mass is 9.90. The van der Waals surface area contributed by atoms with Crippen LogP contribution in [-0.4, -0.2) is 11.6 Å². The lowest BCUT2D eigenvalue weighted by Crippen LogP contribution is -2.18. The van der Waals surface area contributed by atoms with Crippen LogP contribution in [0.5, 0.6) is 5.75 Å². The van der Waals surface area contributed by atoms with Gasteiger partial charge in [0.2, 0.25) is 0 Å². The highest BCUT2D eigenvalue weighted by atomic mass is 79.9. The molecule has 0 aliphatic heterocycles. The first kappa shape index (κ1) is 13.8. The van der Waals surface area contributed by atoms with Crippen molar-refractivity contribution in [3.05, 3.63) is 28.2 Å². The van der Waals surface area contributed by atoms with Crippen LogP contribution in [0.2, 0.25) is 0 Å². The maximum Gasteiger partial charge on any atom is 0.130 e. The molecule has 98 valence electrons. The zero-order valence-corrected chi connectivity index (χ0v) is 12.7. The fourth-order valence-corrected chi connectivity index (χ4v) is 3.33. The predicted molar refractivity (Wildman–Crippen MR) is 82.1 cm³/mol. The molecule has 0 unspecified atom stereocenters. The number of hydrogen-bond donors (Lipinski definition) is 1. The van der Waals surface area contributed by atoms with Gasteiger partial charge in [-0.2, -0.15) is 0 Å². The highest BCUT2D eigenvalue weighted by molar-refractivity contribution is 9.10. The third-order valence-electron chi connectivity index (χ3n) is 3.42. The Morgan fingerprint density at radius 1 is 1.33 bits per heavy atom. The summed E-state index contributed by atoms with van der Waals surface area (Å²) in [6, 6.07) is 5.81. The molecule has 2 rings (SSSR count). The average Bonchev–Trinajstić information content (AvgIpc) is 2.37. The van der Waals surface area contributed by atoms with Gasteiger partial charge in [0.25, 0.3) is 0 Å². The molecule has 0 amide bonds. The van der Waals surface area contributed by atoms with E-state index in [-0.39, 0.29) is 0 Å². The average molecular weight is 328 g/mol. The Labute approximate surface area is 122 Å². The van der Waals surface area contributed by atoms with E-state index < -0.39 is 0 Å². The Balaban J connectivity index is 2.04. The predicted octanol–water partition coefficient (Wildman–Crippen LogP) is 4.04. The van der Waals surface area contributed by atoms with Gasteiger partial charge in [-0.15, -0.1) is 0 Å². The van der Waals surface area contributed by atoms with E-state index >= 15 is 0 Å². The molecule has 0 saturated heterocycles. The minimum Gasteiger partial charge on any atom is -0.493 e. The minimum atomic E-state index is 0.376. The number of hydrogen-bond acceptors (Lipinski definition) is 2. The summed E-state index contributed by atoms with van der Waals surface area (Å²) in [5.74, 6) is 1.47. The summed E-state index contributed by atoms with van der Waals surface area (Å²) in [7, 11) is 0. The van der Waals surface area contributed by atoms with E-state index in [2.05, 4.69) is 15.9 Å². The first-order chi connectivity index (χ1) is 8.68. The fourth-order valence-electron chi connectivity index (χ4n) is 2.43. The van der Waals surface area contributed by atoms with Gasteiger partial charge in [-0.25, -0.2) is 0 Å². The summed E-state index contributed by atoms with van der Waals surface area (Å²) in [5.41, 5.74) is 6.55. The lowest BCUT2D eigenvalue weighted by molar-refractivity contribution is 0.208. The van der Waals surface area contributed by atoms with Gasteiger partial charge in [0.1, 0.15) is 10.7 Å². The van der Waals surface area contributed by atoms with Crippen LogP contribution in [-0.2, 0) is 0 Å². The largest absolute Gasteiger partial charge is 0.493 e. The van der Waals surface area contributed by atoms with Gasteiger partial charge in [-0.1, -0.05) is 37.5 Å². The number of thiocarbonyl (C=S) groups is 1. The molecule has 1 fully saturated rings. The molecular formula is C14H18BrNOS. The van der Waals surface area contributed by atoms with Crippen molar-refractivity contribution in [2.24, 2.45) is 11.7 Å². The van der Waals surface area contributed by atoms with Crippen molar-refractivity contribution in [2.75, 3.05) is 6.61 Å². The van der Waals surface area contributed by atoms with Crippen molar-refractivity contribution in [1.29, 1.82) is 0 Å². The smallest absolute Gasteiger partial charge is 0.130 e. The topological polar surface area (TPSA) is 35.2 Å². The molecule has 4 heteroatoms. The third-order valence-corrected chi connectivity index (χ3v) is 4.29. The van der Waals surface area contributed by atoms with Crippen LogP contribution in [0, 0.1) is 5.92 Å². The second-order valence-corrected chi connectivity index (χ2v) is 6.09. The number of halogens is 1. The zero-order chi connectivity index (χ0) is 13.0. The Bertz CT molecular complexity index is 430. The quantitative estimate of drug-likeness (QED) is 0.847. The minimum absolute atomic E-state index is 0.376. The molecule has 0 bridgehead atoms. The monoisotopic (exact) mass is 327 g/mol. The second kappa shape index (κ2) is 6.53. The van der Waals surface area contributed by atoms with Gasteiger partial charge in [0, 0.05) is 4.47 Å². The van der Waals surface area contributed by atoms with Crippen LogP contribution in [0.15, 0.2) is 22.7 Å². The van der Waals surface area contributed by atoms with Crippen LogP contribution in [0.4, 0.5) is 0 Å². The molecule has 1 aliphatic carbocycles. The molecule has 2 N–H and O–H groups in total. The van der Waals surface area contributed by atoms with E-state index in [9.17, 15) is 0 Å². The molecular weight excluding hydrogens is 310 g/mol. The molecule has 0 aromatic heterocycles.